The Morgan fingerprint density at radius 1 is 0.950 bits per heavy atom. The summed E-state index contributed by atoms with van der Waals surface area (Å²) in [5.41, 5.74) is 3.98. The molecule has 0 aliphatic heterocycles. The summed E-state index contributed by atoms with van der Waals surface area (Å²) in [6.45, 7) is 4.06. The van der Waals surface area contributed by atoms with E-state index in [9.17, 15) is 5.11 Å². The molecule has 2 rings (SSSR count). The summed E-state index contributed by atoms with van der Waals surface area (Å²) in [4.78, 5) is 0. The lowest BCUT2D eigenvalue weighted by molar-refractivity contribution is 0.218. The Balaban J connectivity index is 2.43. The molecule has 3 heteroatoms. The molecule has 0 radical (unpaired) electrons. The van der Waals surface area contributed by atoms with Crippen molar-refractivity contribution in [2.45, 2.75) is 20.0 Å². The third-order valence-corrected chi connectivity index (χ3v) is 3.66. The van der Waals surface area contributed by atoms with Crippen molar-refractivity contribution in [3.05, 3.63) is 58.7 Å². The third-order valence-electron chi connectivity index (χ3n) is 3.66. The van der Waals surface area contributed by atoms with Crippen molar-refractivity contribution in [3.8, 4) is 11.5 Å². The SMILES string of the molecule is COc1ccc(C(O)c2cccc(C)c2C)cc1OC. The summed E-state index contributed by atoms with van der Waals surface area (Å²) in [6.07, 6.45) is -0.672. The van der Waals surface area contributed by atoms with Gasteiger partial charge >= 0.3 is 0 Å². The summed E-state index contributed by atoms with van der Waals surface area (Å²) in [7, 11) is 3.19. The fraction of sp³-hybridized carbons (Fsp3) is 0.294. The minimum absolute atomic E-state index is 0.620. The molecule has 0 amide bonds. The molecule has 3 nitrogen and oxygen atoms in total. The monoisotopic (exact) mass is 272 g/mol. The molecule has 1 N–H and O–H groups in total. The first-order valence-electron chi connectivity index (χ1n) is 6.54. The number of ether oxygens (including phenoxy) is 2. The van der Waals surface area contributed by atoms with Crippen LogP contribution in [0.25, 0.3) is 0 Å². The van der Waals surface area contributed by atoms with Gasteiger partial charge in [0.2, 0.25) is 0 Å². The number of aryl methyl sites for hydroxylation is 1. The minimum atomic E-state index is -0.672. The van der Waals surface area contributed by atoms with Crippen molar-refractivity contribution in [2.24, 2.45) is 0 Å². The topological polar surface area (TPSA) is 38.7 Å². The smallest absolute Gasteiger partial charge is 0.161 e. The Morgan fingerprint density at radius 2 is 1.65 bits per heavy atom. The maximum Gasteiger partial charge on any atom is 0.161 e. The molecule has 0 saturated heterocycles. The van der Waals surface area contributed by atoms with Crippen LogP contribution in [0.2, 0.25) is 0 Å². The molecule has 20 heavy (non-hydrogen) atoms. The number of aliphatic hydroxyl groups excluding tert-OH is 1. The first-order chi connectivity index (χ1) is 9.58. The standard InChI is InChI=1S/C17H20O3/c1-11-6-5-7-14(12(11)2)17(18)13-8-9-15(19-3)16(10-13)20-4/h5-10,17-18H,1-4H3. The van der Waals surface area contributed by atoms with E-state index in [2.05, 4.69) is 0 Å². The lowest BCUT2D eigenvalue weighted by atomic mass is 9.94. The van der Waals surface area contributed by atoms with E-state index in [4.69, 9.17) is 9.47 Å². The first-order valence-corrected chi connectivity index (χ1v) is 6.54. The Hall–Kier alpha value is -2.00. The summed E-state index contributed by atoms with van der Waals surface area (Å²) in [6, 6.07) is 11.4. The molecule has 1 unspecified atom stereocenters. The molecule has 2 aromatic carbocycles. The first kappa shape index (κ1) is 14.4. The van der Waals surface area contributed by atoms with Gasteiger partial charge in [0.15, 0.2) is 11.5 Å². The van der Waals surface area contributed by atoms with Gasteiger partial charge in [-0.25, -0.2) is 0 Å². The minimum Gasteiger partial charge on any atom is -0.493 e. The van der Waals surface area contributed by atoms with Gasteiger partial charge in [0.05, 0.1) is 14.2 Å². The molecule has 0 heterocycles. The number of hydrogen-bond donors (Lipinski definition) is 1. The van der Waals surface area contributed by atoms with Crippen LogP contribution in [0, 0.1) is 13.8 Å². The fourth-order valence-electron chi connectivity index (χ4n) is 2.27. The second-order valence-electron chi connectivity index (χ2n) is 4.81. The van der Waals surface area contributed by atoms with Crippen molar-refractivity contribution < 1.29 is 14.6 Å². The van der Waals surface area contributed by atoms with Crippen molar-refractivity contribution in [2.75, 3.05) is 14.2 Å². The highest BCUT2D eigenvalue weighted by Crippen LogP contribution is 2.33. The molecule has 1 atom stereocenters. The summed E-state index contributed by atoms with van der Waals surface area (Å²) >= 11 is 0. The van der Waals surface area contributed by atoms with Crippen LogP contribution >= 0.6 is 0 Å². The van der Waals surface area contributed by atoms with E-state index in [0.717, 1.165) is 16.7 Å². The summed E-state index contributed by atoms with van der Waals surface area (Å²) in [5.74, 6) is 1.28. The van der Waals surface area contributed by atoms with E-state index in [-0.39, 0.29) is 0 Å². The summed E-state index contributed by atoms with van der Waals surface area (Å²) < 4.78 is 10.5. The van der Waals surface area contributed by atoms with Gasteiger partial charge in [-0.2, -0.15) is 0 Å². The normalized spacial score (nSPS) is 12.1. The van der Waals surface area contributed by atoms with Gasteiger partial charge in [0.25, 0.3) is 0 Å². The van der Waals surface area contributed by atoms with Gasteiger partial charge in [0, 0.05) is 0 Å². The number of rotatable bonds is 4. The molecule has 2 aromatic rings. The molecule has 0 aromatic heterocycles. The molecule has 0 aliphatic carbocycles. The second-order valence-corrected chi connectivity index (χ2v) is 4.81. The zero-order chi connectivity index (χ0) is 14.7. The van der Waals surface area contributed by atoms with Crippen molar-refractivity contribution in [1.82, 2.24) is 0 Å². The predicted molar refractivity (Wildman–Crippen MR) is 79.5 cm³/mol. The van der Waals surface area contributed by atoms with Crippen LogP contribution in [0.5, 0.6) is 11.5 Å². The van der Waals surface area contributed by atoms with Crippen LogP contribution in [0.4, 0.5) is 0 Å². The second kappa shape index (κ2) is 5.97. The average molecular weight is 272 g/mol. The number of aliphatic hydroxyl groups is 1. The average Bonchev–Trinajstić information content (AvgIpc) is 2.48. The van der Waals surface area contributed by atoms with E-state index in [1.54, 1.807) is 14.2 Å². The van der Waals surface area contributed by atoms with Crippen LogP contribution in [0.3, 0.4) is 0 Å². The highest BCUT2D eigenvalue weighted by atomic mass is 16.5. The number of benzene rings is 2. The zero-order valence-electron chi connectivity index (χ0n) is 12.3. The van der Waals surface area contributed by atoms with Crippen molar-refractivity contribution in [3.63, 3.8) is 0 Å². The molecular formula is C17H20O3. The Morgan fingerprint density at radius 3 is 2.30 bits per heavy atom. The van der Waals surface area contributed by atoms with Crippen LogP contribution in [0.15, 0.2) is 36.4 Å². The van der Waals surface area contributed by atoms with E-state index >= 15 is 0 Å². The van der Waals surface area contributed by atoms with Gasteiger partial charge in [0.1, 0.15) is 6.10 Å². The molecule has 0 aliphatic rings. The number of methoxy groups -OCH3 is 2. The molecule has 0 fully saturated rings. The van der Waals surface area contributed by atoms with E-state index in [0.29, 0.717) is 11.5 Å². The molecular weight excluding hydrogens is 252 g/mol. The largest absolute Gasteiger partial charge is 0.493 e. The summed E-state index contributed by atoms with van der Waals surface area (Å²) in [5, 5.41) is 10.6. The predicted octanol–water partition coefficient (Wildman–Crippen LogP) is 3.40. The Labute approximate surface area is 119 Å². The van der Waals surface area contributed by atoms with Crippen molar-refractivity contribution >= 4 is 0 Å². The maximum absolute atomic E-state index is 10.6. The Bertz CT molecular complexity index is 605. The van der Waals surface area contributed by atoms with Gasteiger partial charge in [-0.1, -0.05) is 24.3 Å². The van der Waals surface area contributed by atoms with E-state index in [1.807, 2.05) is 50.2 Å². The van der Waals surface area contributed by atoms with Gasteiger partial charge in [-0.05, 0) is 48.2 Å². The van der Waals surface area contributed by atoms with Crippen LogP contribution < -0.4 is 9.47 Å². The van der Waals surface area contributed by atoms with Crippen LogP contribution in [-0.4, -0.2) is 19.3 Å². The molecule has 0 saturated carbocycles. The third kappa shape index (κ3) is 2.63. The van der Waals surface area contributed by atoms with Gasteiger partial charge < -0.3 is 14.6 Å². The van der Waals surface area contributed by atoms with Gasteiger partial charge in [-0.15, -0.1) is 0 Å². The Kier molecular flexibility index (Phi) is 4.30. The molecule has 0 bridgehead atoms. The zero-order valence-corrected chi connectivity index (χ0v) is 12.3. The highest BCUT2D eigenvalue weighted by molar-refractivity contribution is 5.46. The van der Waals surface area contributed by atoms with Crippen LogP contribution in [0.1, 0.15) is 28.4 Å². The van der Waals surface area contributed by atoms with Crippen molar-refractivity contribution in [1.29, 1.82) is 0 Å². The molecule has 106 valence electrons. The van der Waals surface area contributed by atoms with E-state index < -0.39 is 6.10 Å². The quantitative estimate of drug-likeness (QED) is 0.927. The molecule has 0 spiro atoms. The fourth-order valence-corrected chi connectivity index (χ4v) is 2.27. The maximum atomic E-state index is 10.6. The number of hydrogen-bond acceptors (Lipinski definition) is 3. The van der Waals surface area contributed by atoms with Crippen LogP contribution in [-0.2, 0) is 0 Å². The lowest BCUT2D eigenvalue weighted by Gasteiger charge is -2.17. The van der Waals surface area contributed by atoms with E-state index in [1.165, 1.54) is 5.56 Å². The van der Waals surface area contributed by atoms with Gasteiger partial charge in [-0.3, -0.25) is 0 Å². The highest BCUT2D eigenvalue weighted by Gasteiger charge is 2.16. The lowest BCUT2D eigenvalue weighted by Crippen LogP contribution is -2.04.